The number of allylic oxidation sites excluding steroid dienone is 1. The molecule has 1 saturated carbocycles. The van der Waals surface area contributed by atoms with Crippen molar-refractivity contribution < 1.29 is 0 Å². The summed E-state index contributed by atoms with van der Waals surface area (Å²) in [7, 11) is 0. The highest BCUT2D eigenvalue weighted by molar-refractivity contribution is 6.01. The third-order valence-corrected chi connectivity index (χ3v) is 2.98. The van der Waals surface area contributed by atoms with Gasteiger partial charge in [-0.1, -0.05) is 18.9 Å². The number of amidine groups is 1. The lowest BCUT2D eigenvalue weighted by Crippen LogP contribution is -2.31. The van der Waals surface area contributed by atoms with Gasteiger partial charge in [0.05, 0.1) is 0 Å². The van der Waals surface area contributed by atoms with Gasteiger partial charge in [-0.25, -0.2) is 0 Å². The molecule has 0 aromatic carbocycles. The number of nitrogens with zero attached hydrogens (tertiary/aromatic N) is 1. The predicted molar refractivity (Wildman–Crippen MR) is 54.7 cm³/mol. The first-order valence-electron chi connectivity index (χ1n) is 5.04. The normalized spacial score (nSPS) is 26.7. The molecule has 1 heterocycles. The lowest BCUT2D eigenvalue weighted by Gasteiger charge is -2.23. The second-order valence-corrected chi connectivity index (χ2v) is 3.75. The van der Waals surface area contributed by atoms with Crippen LogP contribution in [0.3, 0.4) is 0 Å². The average Bonchev–Trinajstić information content (AvgIpc) is 2.72. The summed E-state index contributed by atoms with van der Waals surface area (Å²) in [6.07, 6.45) is 11.3. The van der Waals surface area contributed by atoms with Crippen LogP contribution in [-0.2, 0) is 0 Å². The van der Waals surface area contributed by atoms with Gasteiger partial charge in [0.1, 0.15) is 5.84 Å². The molecule has 0 unspecified atom stereocenters. The van der Waals surface area contributed by atoms with E-state index in [4.69, 9.17) is 5.41 Å². The van der Waals surface area contributed by atoms with E-state index in [-0.39, 0.29) is 0 Å². The number of hydrogen-bond donors (Lipinski definition) is 1. The Labute approximate surface area is 79.4 Å². The van der Waals surface area contributed by atoms with Gasteiger partial charge in [0, 0.05) is 17.8 Å². The molecule has 2 aliphatic rings. The van der Waals surface area contributed by atoms with E-state index in [0.29, 0.717) is 11.9 Å². The van der Waals surface area contributed by atoms with Crippen molar-refractivity contribution in [2.24, 2.45) is 0 Å². The molecule has 1 N–H and O–H groups in total. The third-order valence-electron chi connectivity index (χ3n) is 2.98. The van der Waals surface area contributed by atoms with Crippen molar-refractivity contribution in [1.82, 2.24) is 4.90 Å². The first-order valence-corrected chi connectivity index (χ1v) is 5.04. The summed E-state index contributed by atoms with van der Waals surface area (Å²) in [4.78, 5) is 2.13. The van der Waals surface area contributed by atoms with Crippen LogP contribution in [0.2, 0.25) is 0 Å². The summed E-state index contributed by atoms with van der Waals surface area (Å²) in [5.41, 5.74) is 1.06. The van der Waals surface area contributed by atoms with E-state index in [9.17, 15) is 0 Å². The van der Waals surface area contributed by atoms with E-state index >= 15 is 0 Å². The lowest BCUT2D eigenvalue weighted by molar-refractivity contribution is 0.412. The second-order valence-electron chi connectivity index (χ2n) is 3.75. The van der Waals surface area contributed by atoms with Crippen LogP contribution in [0.15, 0.2) is 23.9 Å². The minimum absolute atomic E-state index is 0.598. The Hall–Kier alpha value is -1.05. The number of nitrogens with one attached hydrogen (secondary N) is 1. The molecule has 0 radical (unpaired) electrons. The summed E-state index contributed by atoms with van der Waals surface area (Å²) >= 11 is 0. The topological polar surface area (TPSA) is 27.1 Å². The number of hydrogen-bond acceptors (Lipinski definition) is 1. The van der Waals surface area contributed by atoms with Gasteiger partial charge in [-0.05, 0) is 25.8 Å². The molecule has 1 aliphatic heterocycles. The van der Waals surface area contributed by atoms with Crippen molar-refractivity contribution in [3.8, 4) is 0 Å². The maximum atomic E-state index is 7.92. The molecular formula is C11H16N2. The van der Waals surface area contributed by atoms with Gasteiger partial charge in [0.25, 0.3) is 0 Å². The molecule has 0 atom stereocenters. The van der Waals surface area contributed by atoms with E-state index in [0.717, 1.165) is 5.57 Å². The van der Waals surface area contributed by atoms with Gasteiger partial charge in [-0.2, -0.15) is 0 Å². The van der Waals surface area contributed by atoms with Crippen LogP contribution < -0.4 is 0 Å². The lowest BCUT2D eigenvalue weighted by atomic mass is 10.2. The Morgan fingerprint density at radius 1 is 1.46 bits per heavy atom. The van der Waals surface area contributed by atoms with Gasteiger partial charge in [0.2, 0.25) is 0 Å². The maximum Gasteiger partial charge on any atom is 0.132 e. The molecule has 1 aliphatic carbocycles. The molecular weight excluding hydrogens is 160 g/mol. The second kappa shape index (κ2) is 3.36. The Bertz CT molecular complexity index is 270. The van der Waals surface area contributed by atoms with Crippen molar-refractivity contribution >= 4 is 5.84 Å². The first-order chi connectivity index (χ1) is 6.33. The molecule has 0 aromatic heterocycles. The van der Waals surface area contributed by atoms with E-state index < -0.39 is 0 Å². The molecule has 0 aromatic rings. The van der Waals surface area contributed by atoms with Gasteiger partial charge < -0.3 is 4.90 Å². The molecule has 1 fully saturated rings. The summed E-state index contributed by atoms with van der Waals surface area (Å²) in [6, 6.07) is 0.598. The quantitative estimate of drug-likeness (QED) is 0.653. The molecule has 0 saturated heterocycles. The van der Waals surface area contributed by atoms with Gasteiger partial charge in [0.15, 0.2) is 0 Å². The summed E-state index contributed by atoms with van der Waals surface area (Å²) < 4.78 is 0. The Morgan fingerprint density at radius 3 is 2.69 bits per heavy atom. The van der Waals surface area contributed by atoms with Crippen molar-refractivity contribution in [2.45, 2.75) is 38.6 Å². The zero-order chi connectivity index (χ0) is 9.26. The minimum atomic E-state index is 0.598. The number of rotatable bonds is 1. The van der Waals surface area contributed by atoms with E-state index in [1.807, 2.05) is 19.1 Å². The Kier molecular flexibility index (Phi) is 2.21. The fourth-order valence-corrected chi connectivity index (χ4v) is 2.18. The monoisotopic (exact) mass is 176 g/mol. The molecule has 0 bridgehead atoms. The fraction of sp³-hybridized carbons (Fsp3) is 0.545. The predicted octanol–water partition coefficient (Wildman–Crippen LogP) is 2.68. The molecule has 70 valence electrons. The van der Waals surface area contributed by atoms with Crippen molar-refractivity contribution in [2.75, 3.05) is 0 Å². The minimum Gasteiger partial charge on any atom is -0.330 e. The van der Waals surface area contributed by atoms with Crippen LogP contribution in [0.4, 0.5) is 0 Å². The summed E-state index contributed by atoms with van der Waals surface area (Å²) in [5.74, 6) is 0.689. The molecule has 2 heteroatoms. The SMILES string of the molecule is C/C=C1/C=CN(C2CCCC2)C1=N. The molecule has 0 amide bonds. The standard InChI is InChI=1S/C11H16N2/c1-2-9-7-8-13(11(9)12)10-5-3-4-6-10/h2,7-8,10,12H,3-6H2,1H3/b9-2-,12-11?. The molecule has 2 nitrogen and oxygen atoms in total. The van der Waals surface area contributed by atoms with Crippen molar-refractivity contribution in [3.63, 3.8) is 0 Å². The largest absolute Gasteiger partial charge is 0.330 e. The smallest absolute Gasteiger partial charge is 0.132 e. The van der Waals surface area contributed by atoms with Gasteiger partial charge in [-0.15, -0.1) is 0 Å². The molecule has 2 rings (SSSR count). The Balaban J connectivity index is 2.10. The van der Waals surface area contributed by atoms with Crippen LogP contribution >= 0.6 is 0 Å². The van der Waals surface area contributed by atoms with E-state index in [1.165, 1.54) is 25.7 Å². The Morgan fingerprint density at radius 2 is 2.15 bits per heavy atom. The third kappa shape index (κ3) is 1.41. The van der Waals surface area contributed by atoms with Crippen molar-refractivity contribution in [1.29, 1.82) is 5.41 Å². The molecule has 13 heavy (non-hydrogen) atoms. The van der Waals surface area contributed by atoms with Crippen LogP contribution in [0, 0.1) is 5.41 Å². The van der Waals surface area contributed by atoms with E-state index in [2.05, 4.69) is 11.1 Å². The van der Waals surface area contributed by atoms with E-state index in [1.54, 1.807) is 0 Å². The van der Waals surface area contributed by atoms with Gasteiger partial charge in [-0.3, -0.25) is 5.41 Å². The highest BCUT2D eigenvalue weighted by Crippen LogP contribution is 2.27. The summed E-state index contributed by atoms with van der Waals surface area (Å²) in [6.45, 7) is 1.99. The highest BCUT2D eigenvalue weighted by atomic mass is 15.2. The van der Waals surface area contributed by atoms with Gasteiger partial charge >= 0.3 is 0 Å². The highest BCUT2D eigenvalue weighted by Gasteiger charge is 2.26. The van der Waals surface area contributed by atoms with Crippen molar-refractivity contribution in [3.05, 3.63) is 23.9 Å². The zero-order valence-corrected chi connectivity index (χ0v) is 8.09. The summed E-state index contributed by atoms with van der Waals surface area (Å²) in [5, 5.41) is 7.92. The zero-order valence-electron chi connectivity index (χ0n) is 8.09. The van der Waals surface area contributed by atoms with Crippen LogP contribution in [0.5, 0.6) is 0 Å². The molecule has 0 spiro atoms. The van der Waals surface area contributed by atoms with Crippen LogP contribution in [0.1, 0.15) is 32.6 Å². The fourth-order valence-electron chi connectivity index (χ4n) is 2.18. The first kappa shape index (κ1) is 8.54. The van der Waals surface area contributed by atoms with Crippen LogP contribution in [0.25, 0.3) is 0 Å². The average molecular weight is 176 g/mol. The van der Waals surface area contributed by atoms with Crippen LogP contribution in [-0.4, -0.2) is 16.8 Å². The maximum absolute atomic E-state index is 7.92.